The molecule has 3 rings (SSSR count). The minimum Gasteiger partial charge on any atom is -0.463 e. The SMILES string of the molecule is CC(=O)OC[C@@H]1OC(n2cnc3c(N)nc(F)nc32)[C@@H](OC(C)=O)[C@@H]1OC(C)=O. The van der Waals surface area contributed by atoms with Gasteiger partial charge < -0.3 is 24.7 Å². The van der Waals surface area contributed by atoms with Gasteiger partial charge in [0.15, 0.2) is 35.4 Å². The van der Waals surface area contributed by atoms with E-state index in [0.29, 0.717) is 0 Å². The zero-order chi connectivity index (χ0) is 21.3. The standard InChI is InChI=1S/C16H18FN5O7/c1-6(23)26-4-9-11(27-7(2)24)12(28-8(3)25)15(29-9)22-5-19-10-13(18)20-16(17)21-14(10)22/h5,9,11-12,15H,4H2,1-3H3,(H2,18,20,21)/t9-,11+,12-,15?/m0/s1. The molecule has 2 N–H and O–H groups in total. The summed E-state index contributed by atoms with van der Waals surface area (Å²) in [5.74, 6) is -2.13. The number of hydrogen-bond donors (Lipinski definition) is 1. The summed E-state index contributed by atoms with van der Waals surface area (Å²) in [6.07, 6.45) is -4.21. The van der Waals surface area contributed by atoms with Crippen LogP contribution in [-0.4, -0.2) is 62.3 Å². The van der Waals surface area contributed by atoms with Crippen molar-refractivity contribution in [1.82, 2.24) is 19.5 Å². The quantitative estimate of drug-likeness (QED) is 0.397. The van der Waals surface area contributed by atoms with Crippen molar-refractivity contribution < 1.29 is 37.7 Å². The molecule has 0 radical (unpaired) electrons. The van der Waals surface area contributed by atoms with E-state index in [2.05, 4.69) is 15.0 Å². The van der Waals surface area contributed by atoms with E-state index in [1.165, 1.54) is 17.8 Å². The summed E-state index contributed by atoms with van der Waals surface area (Å²) >= 11 is 0. The number of nitrogen functional groups attached to an aromatic ring is 1. The number of carbonyl (C=O) groups is 3. The highest BCUT2D eigenvalue weighted by atomic mass is 19.1. The zero-order valence-corrected chi connectivity index (χ0v) is 15.7. The van der Waals surface area contributed by atoms with Gasteiger partial charge >= 0.3 is 24.0 Å². The number of anilines is 1. The van der Waals surface area contributed by atoms with Gasteiger partial charge in [-0.3, -0.25) is 19.0 Å². The summed E-state index contributed by atoms with van der Waals surface area (Å²) in [5, 5.41) is 0. The van der Waals surface area contributed by atoms with Crippen LogP contribution in [0.5, 0.6) is 0 Å². The molecule has 13 heteroatoms. The molecule has 0 aliphatic carbocycles. The molecule has 156 valence electrons. The molecule has 0 spiro atoms. The predicted molar refractivity (Wildman–Crippen MR) is 91.3 cm³/mol. The van der Waals surface area contributed by atoms with E-state index in [-0.39, 0.29) is 23.6 Å². The van der Waals surface area contributed by atoms with E-state index in [1.807, 2.05) is 0 Å². The lowest BCUT2D eigenvalue weighted by Crippen LogP contribution is -2.40. The molecule has 1 aliphatic heterocycles. The second-order valence-electron chi connectivity index (χ2n) is 6.22. The Morgan fingerprint density at radius 1 is 1.14 bits per heavy atom. The minimum atomic E-state index is -1.16. The third-order valence-corrected chi connectivity index (χ3v) is 4.04. The van der Waals surface area contributed by atoms with Gasteiger partial charge in [-0.25, -0.2) is 4.98 Å². The normalized spacial score (nSPS) is 23.7. The average molecular weight is 411 g/mol. The minimum absolute atomic E-state index is 0.0214. The van der Waals surface area contributed by atoms with Gasteiger partial charge in [0.2, 0.25) is 0 Å². The molecule has 1 fully saturated rings. The fraction of sp³-hybridized carbons (Fsp3) is 0.500. The molecule has 1 aliphatic rings. The van der Waals surface area contributed by atoms with Crippen LogP contribution in [0.15, 0.2) is 6.33 Å². The second-order valence-corrected chi connectivity index (χ2v) is 6.22. The van der Waals surface area contributed by atoms with Crippen LogP contribution < -0.4 is 5.73 Å². The van der Waals surface area contributed by atoms with E-state index < -0.39 is 48.5 Å². The van der Waals surface area contributed by atoms with Gasteiger partial charge in [-0.15, -0.1) is 0 Å². The molecule has 0 amide bonds. The van der Waals surface area contributed by atoms with Gasteiger partial charge in [-0.2, -0.15) is 14.4 Å². The number of hydrogen-bond acceptors (Lipinski definition) is 11. The van der Waals surface area contributed by atoms with Crippen molar-refractivity contribution in [3.8, 4) is 0 Å². The number of halogens is 1. The molecule has 0 aromatic carbocycles. The molecule has 0 saturated carbocycles. The van der Waals surface area contributed by atoms with Crippen molar-refractivity contribution in [2.45, 2.75) is 45.3 Å². The summed E-state index contributed by atoms with van der Waals surface area (Å²) in [6.45, 7) is 3.24. The molecule has 2 aromatic heterocycles. The third-order valence-electron chi connectivity index (χ3n) is 4.04. The Balaban J connectivity index is 2.04. The summed E-state index contributed by atoms with van der Waals surface area (Å²) in [5.41, 5.74) is 5.75. The molecule has 3 heterocycles. The Bertz CT molecular complexity index is 965. The number of fused-ring (bicyclic) bond motifs is 1. The van der Waals surface area contributed by atoms with E-state index in [1.54, 1.807) is 0 Å². The predicted octanol–water partition coefficient (Wildman–Crippen LogP) is -0.128. The maximum absolute atomic E-state index is 13.7. The van der Waals surface area contributed by atoms with Crippen molar-refractivity contribution in [1.29, 1.82) is 0 Å². The van der Waals surface area contributed by atoms with Crippen molar-refractivity contribution >= 4 is 34.9 Å². The first-order chi connectivity index (χ1) is 13.7. The maximum atomic E-state index is 13.7. The lowest BCUT2D eigenvalue weighted by molar-refractivity contribution is -0.166. The highest BCUT2D eigenvalue weighted by Crippen LogP contribution is 2.36. The number of carbonyl (C=O) groups excluding carboxylic acids is 3. The van der Waals surface area contributed by atoms with E-state index >= 15 is 0 Å². The van der Waals surface area contributed by atoms with Crippen LogP contribution >= 0.6 is 0 Å². The van der Waals surface area contributed by atoms with Crippen molar-refractivity contribution in [2.75, 3.05) is 12.3 Å². The van der Waals surface area contributed by atoms with Crippen molar-refractivity contribution in [3.05, 3.63) is 12.4 Å². The Morgan fingerprint density at radius 3 is 2.41 bits per heavy atom. The molecule has 4 atom stereocenters. The van der Waals surface area contributed by atoms with Gasteiger partial charge in [0, 0.05) is 20.8 Å². The van der Waals surface area contributed by atoms with Crippen LogP contribution in [0.25, 0.3) is 11.2 Å². The third kappa shape index (κ3) is 4.23. The number of rotatable bonds is 5. The zero-order valence-electron chi connectivity index (χ0n) is 15.7. The van der Waals surface area contributed by atoms with Gasteiger partial charge in [0.05, 0.1) is 6.33 Å². The molecule has 1 unspecified atom stereocenters. The number of nitrogens with zero attached hydrogens (tertiary/aromatic N) is 4. The fourth-order valence-electron chi connectivity index (χ4n) is 3.01. The summed E-state index contributed by atoms with van der Waals surface area (Å²) in [4.78, 5) is 45.5. The number of ether oxygens (including phenoxy) is 4. The highest BCUT2D eigenvalue weighted by Gasteiger charge is 2.51. The molecule has 0 bridgehead atoms. The fourth-order valence-corrected chi connectivity index (χ4v) is 3.01. The largest absolute Gasteiger partial charge is 0.463 e. The number of esters is 3. The number of aromatic nitrogens is 4. The van der Waals surface area contributed by atoms with Gasteiger partial charge in [-0.05, 0) is 0 Å². The van der Waals surface area contributed by atoms with Gasteiger partial charge in [0.25, 0.3) is 0 Å². The van der Waals surface area contributed by atoms with Crippen LogP contribution in [0.2, 0.25) is 0 Å². The average Bonchev–Trinajstić information content (AvgIpc) is 3.15. The summed E-state index contributed by atoms with van der Waals surface area (Å²) in [7, 11) is 0. The number of nitrogens with two attached hydrogens (primary N) is 1. The summed E-state index contributed by atoms with van der Waals surface area (Å²) < 4.78 is 36.3. The van der Waals surface area contributed by atoms with E-state index in [4.69, 9.17) is 24.7 Å². The first kappa shape index (κ1) is 20.4. The smallest absolute Gasteiger partial charge is 0.312 e. The lowest BCUT2D eigenvalue weighted by atomic mass is 10.1. The monoisotopic (exact) mass is 411 g/mol. The van der Waals surface area contributed by atoms with Gasteiger partial charge in [-0.1, -0.05) is 0 Å². The Labute approximate surface area is 163 Å². The first-order valence-corrected chi connectivity index (χ1v) is 8.46. The Morgan fingerprint density at radius 2 is 1.79 bits per heavy atom. The van der Waals surface area contributed by atoms with Crippen LogP contribution in [0.4, 0.5) is 10.2 Å². The Hall–Kier alpha value is -3.35. The maximum Gasteiger partial charge on any atom is 0.312 e. The second kappa shape index (κ2) is 7.95. The molecule has 29 heavy (non-hydrogen) atoms. The van der Waals surface area contributed by atoms with Crippen molar-refractivity contribution in [3.63, 3.8) is 0 Å². The number of imidazole rings is 1. The van der Waals surface area contributed by atoms with Crippen molar-refractivity contribution in [2.24, 2.45) is 0 Å². The van der Waals surface area contributed by atoms with Crippen LogP contribution in [0.3, 0.4) is 0 Å². The molecule has 1 saturated heterocycles. The molecular weight excluding hydrogens is 393 g/mol. The molecule has 12 nitrogen and oxygen atoms in total. The first-order valence-electron chi connectivity index (χ1n) is 8.46. The molecular formula is C16H18FN5O7. The van der Waals surface area contributed by atoms with Crippen LogP contribution in [0, 0.1) is 6.08 Å². The van der Waals surface area contributed by atoms with Crippen LogP contribution in [-0.2, 0) is 33.3 Å². The Kier molecular flexibility index (Phi) is 5.59. The van der Waals surface area contributed by atoms with Gasteiger partial charge in [0.1, 0.15) is 12.7 Å². The highest BCUT2D eigenvalue weighted by molar-refractivity contribution is 5.81. The topological polar surface area (TPSA) is 158 Å². The van der Waals surface area contributed by atoms with E-state index in [0.717, 1.165) is 13.8 Å². The molecule has 2 aromatic rings. The summed E-state index contributed by atoms with van der Waals surface area (Å²) in [6, 6.07) is 0. The lowest BCUT2D eigenvalue weighted by Gasteiger charge is -2.23. The van der Waals surface area contributed by atoms with E-state index in [9.17, 15) is 18.8 Å². The van der Waals surface area contributed by atoms with Crippen LogP contribution in [0.1, 0.15) is 27.0 Å².